The average Bonchev–Trinajstić information content (AvgIpc) is 3.15. The smallest absolute Gasteiger partial charge is 0.181 e. The van der Waals surface area contributed by atoms with E-state index in [1.165, 1.54) is 23.1 Å². The van der Waals surface area contributed by atoms with Crippen LogP contribution in [0.5, 0.6) is 0 Å². The number of anilines is 1. The van der Waals surface area contributed by atoms with Gasteiger partial charge in [0, 0.05) is 10.2 Å². The molecule has 28 heavy (non-hydrogen) atoms. The Morgan fingerprint density at radius 3 is 2.39 bits per heavy atom. The number of nitrogens with one attached hydrogen (secondary N) is 1. The van der Waals surface area contributed by atoms with Gasteiger partial charge in [-0.05, 0) is 88.8 Å². The molecule has 3 aromatic rings. The second-order valence-corrected chi connectivity index (χ2v) is 8.76. The zero-order valence-electron chi connectivity index (χ0n) is 16.7. The Labute approximate surface area is 174 Å². The molecule has 1 saturated carbocycles. The highest BCUT2D eigenvalue weighted by Gasteiger charge is 2.40. The molecule has 6 heteroatoms. The second-order valence-electron chi connectivity index (χ2n) is 7.91. The van der Waals surface area contributed by atoms with Crippen LogP contribution in [0, 0.1) is 20.8 Å². The molecule has 0 saturated heterocycles. The van der Waals surface area contributed by atoms with Crippen LogP contribution in [0.1, 0.15) is 54.6 Å². The van der Waals surface area contributed by atoms with Crippen LogP contribution >= 0.6 is 15.9 Å². The van der Waals surface area contributed by atoms with Crippen LogP contribution in [0.2, 0.25) is 0 Å². The first-order valence-corrected chi connectivity index (χ1v) is 10.7. The van der Waals surface area contributed by atoms with Gasteiger partial charge < -0.3 is 5.32 Å². The Kier molecular flexibility index (Phi) is 5.23. The maximum Gasteiger partial charge on any atom is 0.181 e. The highest BCUT2D eigenvalue weighted by Crippen LogP contribution is 2.41. The van der Waals surface area contributed by atoms with Crippen molar-refractivity contribution >= 4 is 21.6 Å². The monoisotopic (exact) mass is 439 g/mol. The van der Waals surface area contributed by atoms with E-state index in [-0.39, 0.29) is 5.54 Å². The van der Waals surface area contributed by atoms with Crippen molar-refractivity contribution in [3.63, 3.8) is 0 Å². The summed E-state index contributed by atoms with van der Waals surface area (Å²) >= 11 is 3.73. The molecular weight excluding hydrogens is 414 g/mol. The Hall–Kier alpha value is -2.21. The molecule has 1 heterocycles. The van der Waals surface area contributed by atoms with Gasteiger partial charge in [-0.25, -0.2) is 0 Å². The van der Waals surface area contributed by atoms with E-state index >= 15 is 0 Å². The van der Waals surface area contributed by atoms with Crippen molar-refractivity contribution in [3.05, 3.63) is 63.4 Å². The minimum absolute atomic E-state index is 0.283. The third kappa shape index (κ3) is 3.46. The Morgan fingerprint density at radius 1 is 1.00 bits per heavy atom. The first-order chi connectivity index (χ1) is 13.5. The van der Waals surface area contributed by atoms with Crippen LogP contribution in [-0.2, 0) is 5.54 Å². The first kappa shape index (κ1) is 19.1. The second kappa shape index (κ2) is 7.66. The number of aryl methyl sites for hydroxylation is 3. The van der Waals surface area contributed by atoms with Crippen molar-refractivity contribution in [2.24, 2.45) is 0 Å². The highest BCUT2D eigenvalue weighted by atomic mass is 79.9. The quantitative estimate of drug-likeness (QED) is 0.572. The summed E-state index contributed by atoms with van der Waals surface area (Å²) in [7, 11) is 0. The van der Waals surface area contributed by atoms with Crippen molar-refractivity contribution in [3.8, 4) is 5.69 Å². The molecule has 2 aromatic carbocycles. The number of nitrogens with zero attached hydrogens (tertiary/aromatic N) is 4. The normalized spacial score (nSPS) is 16.1. The number of tetrazole rings is 1. The fraction of sp³-hybridized carbons (Fsp3) is 0.409. The molecule has 1 aliphatic carbocycles. The molecule has 0 spiro atoms. The number of rotatable bonds is 4. The standard InChI is InChI=1S/C22H26BrN5/c1-15-10-11-19(18(23)14-15)24-22(12-5-4-6-13-22)21-25-26-27-28(21)20-16(2)8-7-9-17(20)3/h7-11,14,24H,4-6,12-13H2,1-3H3. The van der Waals surface area contributed by atoms with Gasteiger partial charge in [0.05, 0.1) is 11.2 Å². The van der Waals surface area contributed by atoms with Crippen LogP contribution in [0.4, 0.5) is 5.69 Å². The van der Waals surface area contributed by atoms with Gasteiger partial charge in [0.1, 0.15) is 0 Å². The van der Waals surface area contributed by atoms with Gasteiger partial charge >= 0.3 is 0 Å². The summed E-state index contributed by atoms with van der Waals surface area (Å²) in [5.74, 6) is 0.900. The molecule has 1 N–H and O–H groups in total. The molecule has 0 amide bonds. The van der Waals surface area contributed by atoms with E-state index in [4.69, 9.17) is 0 Å². The Bertz CT molecular complexity index is 968. The number of hydrogen-bond donors (Lipinski definition) is 1. The molecule has 4 rings (SSSR count). The van der Waals surface area contributed by atoms with E-state index in [1.807, 2.05) is 4.68 Å². The van der Waals surface area contributed by atoms with Crippen molar-refractivity contribution in [2.45, 2.75) is 58.4 Å². The summed E-state index contributed by atoms with van der Waals surface area (Å²) in [5.41, 5.74) is 5.47. The fourth-order valence-electron chi connectivity index (χ4n) is 4.32. The molecule has 1 aromatic heterocycles. The summed E-state index contributed by atoms with van der Waals surface area (Å²) in [5, 5.41) is 16.9. The molecule has 146 valence electrons. The topological polar surface area (TPSA) is 55.6 Å². The van der Waals surface area contributed by atoms with Gasteiger partial charge in [-0.3, -0.25) is 0 Å². The van der Waals surface area contributed by atoms with Crippen molar-refractivity contribution in [2.75, 3.05) is 5.32 Å². The third-order valence-electron chi connectivity index (χ3n) is 5.75. The van der Waals surface area contributed by atoms with Crippen LogP contribution in [0.3, 0.4) is 0 Å². The fourth-order valence-corrected chi connectivity index (χ4v) is 4.91. The number of aromatic nitrogens is 4. The predicted molar refractivity (Wildman–Crippen MR) is 116 cm³/mol. The Morgan fingerprint density at radius 2 is 1.71 bits per heavy atom. The number of benzene rings is 2. The van der Waals surface area contributed by atoms with Crippen molar-refractivity contribution < 1.29 is 0 Å². The van der Waals surface area contributed by atoms with Crippen molar-refractivity contribution in [1.29, 1.82) is 0 Å². The molecule has 1 fully saturated rings. The SMILES string of the molecule is Cc1ccc(NC2(c3nnnn3-c3c(C)cccc3C)CCCCC2)c(Br)c1. The minimum Gasteiger partial charge on any atom is -0.372 e. The largest absolute Gasteiger partial charge is 0.372 e. The molecule has 0 radical (unpaired) electrons. The molecule has 5 nitrogen and oxygen atoms in total. The van der Waals surface area contributed by atoms with Crippen LogP contribution in [0.15, 0.2) is 40.9 Å². The first-order valence-electron chi connectivity index (χ1n) is 9.90. The Balaban J connectivity index is 1.83. The zero-order valence-corrected chi connectivity index (χ0v) is 18.3. The van der Waals surface area contributed by atoms with E-state index in [9.17, 15) is 0 Å². The molecular formula is C22H26BrN5. The maximum absolute atomic E-state index is 4.54. The van der Waals surface area contributed by atoms with E-state index < -0.39 is 0 Å². The predicted octanol–water partition coefficient (Wildman–Crippen LogP) is 5.62. The van der Waals surface area contributed by atoms with Gasteiger partial charge in [-0.15, -0.1) is 5.10 Å². The van der Waals surface area contributed by atoms with E-state index in [0.29, 0.717) is 0 Å². The molecule has 0 aliphatic heterocycles. The average molecular weight is 440 g/mol. The van der Waals surface area contributed by atoms with E-state index in [1.54, 1.807) is 0 Å². The van der Waals surface area contributed by atoms with Gasteiger partial charge in [-0.2, -0.15) is 4.68 Å². The molecule has 0 unspecified atom stereocenters. The maximum atomic E-state index is 4.54. The lowest BCUT2D eigenvalue weighted by Gasteiger charge is -2.38. The van der Waals surface area contributed by atoms with Crippen molar-refractivity contribution in [1.82, 2.24) is 20.2 Å². The number of halogens is 1. The van der Waals surface area contributed by atoms with Crippen LogP contribution in [0.25, 0.3) is 5.69 Å². The summed E-state index contributed by atoms with van der Waals surface area (Å²) in [6.07, 6.45) is 5.60. The zero-order chi connectivity index (χ0) is 19.7. The summed E-state index contributed by atoms with van der Waals surface area (Å²) in [4.78, 5) is 0. The number of hydrogen-bond acceptors (Lipinski definition) is 4. The highest BCUT2D eigenvalue weighted by molar-refractivity contribution is 9.10. The summed E-state index contributed by atoms with van der Waals surface area (Å²) in [6, 6.07) is 12.7. The molecule has 0 atom stereocenters. The lowest BCUT2D eigenvalue weighted by atomic mass is 9.80. The van der Waals surface area contributed by atoms with Crippen LogP contribution in [-0.4, -0.2) is 20.2 Å². The molecule has 0 bridgehead atoms. The molecule has 1 aliphatic rings. The lowest BCUT2D eigenvalue weighted by molar-refractivity contribution is 0.309. The van der Waals surface area contributed by atoms with Gasteiger partial charge in [0.2, 0.25) is 0 Å². The van der Waals surface area contributed by atoms with E-state index in [0.717, 1.165) is 47.4 Å². The minimum atomic E-state index is -0.283. The van der Waals surface area contributed by atoms with Gasteiger partial charge in [0.15, 0.2) is 5.82 Å². The number of para-hydroxylation sites is 1. The summed E-state index contributed by atoms with van der Waals surface area (Å²) < 4.78 is 3.02. The lowest BCUT2D eigenvalue weighted by Crippen LogP contribution is -2.40. The third-order valence-corrected chi connectivity index (χ3v) is 6.41. The van der Waals surface area contributed by atoms with E-state index in [2.05, 4.69) is 93.9 Å². The summed E-state index contributed by atoms with van der Waals surface area (Å²) in [6.45, 7) is 6.34. The van der Waals surface area contributed by atoms with Gasteiger partial charge in [-0.1, -0.05) is 43.5 Å². The van der Waals surface area contributed by atoms with Crippen LogP contribution < -0.4 is 5.32 Å². The van der Waals surface area contributed by atoms with Gasteiger partial charge in [0.25, 0.3) is 0 Å².